The fraction of sp³-hybridized carbons (Fsp3) is 0.333. The Morgan fingerprint density at radius 1 is 1.12 bits per heavy atom. The molecule has 7 heteroatoms. The van der Waals surface area contributed by atoms with Crippen molar-refractivity contribution < 1.29 is 9.47 Å². The molecule has 0 spiro atoms. The molecule has 0 unspecified atom stereocenters. The van der Waals surface area contributed by atoms with E-state index in [1.54, 1.807) is 19.5 Å². The Bertz CT molecular complexity index is 621. The molecule has 0 amide bonds. The van der Waals surface area contributed by atoms with Crippen molar-refractivity contribution in [2.45, 2.75) is 13.5 Å². The lowest BCUT2D eigenvalue weighted by Gasteiger charge is -2.12. The molecule has 0 atom stereocenters. The summed E-state index contributed by atoms with van der Waals surface area (Å²) < 4.78 is 10.8. The Morgan fingerprint density at radius 2 is 1.92 bits per heavy atom. The SMILES string of the molecule is CCNC(=NCc1ccc(OC)cc1)NCCOc1cccnc1.I. The van der Waals surface area contributed by atoms with Crippen molar-refractivity contribution in [1.82, 2.24) is 15.6 Å². The van der Waals surface area contributed by atoms with Crippen LogP contribution < -0.4 is 20.1 Å². The van der Waals surface area contributed by atoms with E-state index in [2.05, 4.69) is 20.6 Å². The molecule has 0 radical (unpaired) electrons. The van der Waals surface area contributed by atoms with Gasteiger partial charge in [0.05, 0.1) is 26.4 Å². The second-order valence-corrected chi connectivity index (χ2v) is 5.01. The zero-order valence-corrected chi connectivity index (χ0v) is 16.9. The summed E-state index contributed by atoms with van der Waals surface area (Å²) in [7, 11) is 1.66. The first-order chi connectivity index (χ1) is 11.8. The summed E-state index contributed by atoms with van der Waals surface area (Å²) in [4.78, 5) is 8.58. The quantitative estimate of drug-likeness (QED) is 0.277. The second-order valence-electron chi connectivity index (χ2n) is 5.01. The molecular weight excluding hydrogens is 431 g/mol. The highest BCUT2D eigenvalue weighted by Gasteiger charge is 1.99. The number of hydrogen-bond acceptors (Lipinski definition) is 4. The molecular formula is C18H25IN4O2. The Hall–Kier alpha value is -2.03. The molecule has 0 aliphatic heterocycles. The van der Waals surface area contributed by atoms with E-state index in [4.69, 9.17) is 9.47 Å². The molecule has 1 aromatic heterocycles. The van der Waals surface area contributed by atoms with Crippen LogP contribution in [-0.4, -0.2) is 37.7 Å². The number of halogens is 1. The molecule has 25 heavy (non-hydrogen) atoms. The number of rotatable bonds is 8. The molecule has 1 heterocycles. The standard InChI is InChI=1S/C18H24N4O2.HI/c1-3-20-18(21-11-12-24-17-5-4-10-19-14-17)22-13-15-6-8-16(23-2)9-7-15;/h4-10,14H,3,11-13H2,1-2H3,(H2,20,21,22);1H. The maximum absolute atomic E-state index is 5.60. The van der Waals surface area contributed by atoms with Crippen LogP contribution in [0.1, 0.15) is 12.5 Å². The second kappa shape index (κ2) is 12.3. The molecule has 2 rings (SSSR count). The van der Waals surface area contributed by atoms with Crippen LogP contribution in [0.2, 0.25) is 0 Å². The van der Waals surface area contributed by atoms with Gasteiger partial charge in [-0.3, -0.25) is 4.98 Å². The van der Waals surface area contributed by atoms with Gasteiger partial charge in [0.1, 0.15) is 18.1 Å². The van der Waals surface area contributed by atoms with Gasteiger partial charge in [-0.05, 0) is 36.8 Å². The Labute approximate surface area is 166 Å². The lowest BCUT2D eigenvalue weighted by molar-refractivity contribution is 0.320. The minimum absolute atomic E-state index is 0. The number of ether oxygens (including phenoxy) is 2. The number of nitrogens with one attached hydrogen (secondary N) is 2. The first-order valence-electron chi connectivity index (χ1n) is 7.99. The van der Waals surface area contributed by atoms with Gasteiger partial charge in [-0.25, -0.2) is 4.99 Å². The molecule has 0 fully saturated rings. The number of benzene rings is 1. The molecule has 2 N–H and O–H groups in total. The Morgan fingerprint density at radius 3 is 2.56 bits per heavy atom. The highest BCUT2D eigenvalue weighted by atomic mass is 127. The third-order valence-corrected chi connectivity index (χ3v) is 3.22. The summed E-state index contributed by atoms with van der Waals surface area (Å²) in [5.41, 5.74) is 1.12. The number of aliphatic imine (C=N–C) groups is 1. The van der Waals surface area contributed by atoms with Crippen LogP contribution in [0.15, 0.2) is 53.8 Å². The first kappa shape index (κ1) is 21.0. The third kappa shape index (κ3) is 8.06. The van der Waals surface area contributed by atoms with Crippen molar-refractivity contribution in [2.24, 2.45) is 4.99 Å². The van der Waals surface area contributed by atoms with Crippen LogP contribution >= 0.6 is 24.0 Å². The van der Waals surface area contributed by atoms with Gasteiger partial charge < -0.3 is 20.1 Å². The van der Waals surface area contributed by atoms with E-state index in [1.165, 1.54) is 0 Å². The summed E-state index contributed by atoms with van der Waals surface area (Å²) in [6.07, 6.45) is 3.42. The van der Waals surface area contributed by atoms with Crippen LogP contribution in [0.5, 0.6) is 11.5 Å². The first-order valence-corrected chi connectivity index (χ1v) is 7.99. The van der Waals surface area contributed by atoms with E-state index in [-0.39, 0.29) is 24.0 Å². The van der Waals surface area contributed by atoms with Crippen LogP contribution in [0.3, 0.4) is 0 Å². The molecule has 0 aliphatic carbocycles. The predicted molar refractivity (Wildman–Crippen MR) is 111 cm³/mol. The third-order valence-electron chi connectivity index (χ3n) is 3.22. The molecule has 0 aliphatic rings. The number of nitrogens with zero attached hydrogens (tertiary/aromatic N) is 2. The maximum atomic E-state index is 5.60. The topological polar surface area (TPSA) is 67.8 Å². The molecule has 0 saturated carbocycles. The largest absolute Gasteiger partial charge is 0.497 e. The van der Waals surface area contributed by atoms with Crippen molar-refractivity contribution in [3.8, 4) is 11.5 Å². The highest BCUT2D eigenvalue weighted by molar-refractivity contribution is 14.0. The average molecular weight is 456 g/mol. The van der Waals surface area contributed by atoms with E-state index in [0.717, 1.165) is 29.6 Å². The molecule has 0 saturated heterocycles. The van der Waals surface area contributed by atoms with Crippen molar-refractivity contribution in [3.63, 3.8) is 0 Å². The molecule has 1 aromatic carbocycles. The zero-order chi connectivity index (χ0) is 17.0. The van der Waals surface area contributed by atoms with Crippen molar-refractivity contribution in [3.05, 3.63) is 54.4 Å². The van der Waals surface area contributed by atoms with E-state index in [9.17, 15) is 0 Å². The fourth-order valence-corrected chi connectivity index (χ4v) is 2.01. The van der Waals surface area contributed by atoms with Gasteiger partial charge in [-0.15, -0.1) is 24.0 Å². The predicted octanol–water partition coefficient (Wildman–Crippen LogP) is 2.84. The van der Waals surface area contributed by atoms with Gasteiger partial charge in [0, 0.05) is 12.7 Å². The van der Waals surface area contributed by atoms with Crippen molar-refractivity contribution >= 4 is 29.9 Å². The fourth-order valence-electron chi connectivity index (χ4n) is 2.01. The van der Waals surface area contributed by atoms with Gasteiger partial charge in [0.15, 0.2) is 5.96 Å². The van der Waals surface area contributed by atoms with E-state index < -0.39 is 0 Å². The zero-order valence-electron chi connectivity index (χ0n) is 14.6. The minimum atomic E-state index is 0. The van der Waals surface area contributed by atoms with Gasteiger partial charge in [-0.2, -0.15) is 0 Å². The Kier molecular flexibility index (Phi) is 10.4. The number of pyridine rings is 1. The highest BCUT2D eigenvalue weighted by Crippen LogP contribution is 2.11. The molecule has 6 nitrogen and oxygen atoms in total. The normalized spacial score (nSPS) is 10.6. The summed E-state index contributed by atoms with van der Waals surface area (Å²) in [6, 6.07) is 11.6. The van der Waals surface area contributed by atoms with Crippen molar-refractivity contribution in [2.75, 3.05) is 26.8 Å². The van der Waals surface area contributed by atoms with Gasteiger partial charge >= 0.3 is 0 Å². The van der Waals surface area contributed by atoms with Gasteiger partial charge in [-0.1, -0.05) is 12.1 Å². The van der Waals surface area contributed by atoms with E-state index in [1.807, 2.05) is 43.3 Å². The number of hydrogen-bond donors (Lipinski definition) is 2. The smallest absolute Gasteiger partial charge is 0.191 e. The molecule has 2 aromatic rings. The molecule has 0 bridgehead atoms. The lowest BCUT2D eigenvalue weighted by Crippen LogP contribution is -2.39. The number of aromatic nitrogens is 1. The van der Waals surface area contributed by atoms with Gasteiger partial charge in [0.2, 0.25) is 0 Å². The maximum Gasteiger partial charge on any atom is 0.191 e. The number of guanidine groups is 1. The van der Waals surface area contributed by atoms with Gasteiger partial charge in [0.25, 0.3) is 0 Å². The summed E-state index contributed by atoms with van der Waals surface area (Å²) in [5, 5.41) is 6.47. The lowest BCUT2D eigenvalue weighted by atomic mass is 10.2. The monoisotopic (exact) mass is 456 g/mol. The van der Waals surface area contributed by atoms with E-state index >= 15 is 0 Å². The summed E-state index contributed by atoms with van der Waals surface area (Å²) >= 11 is 0. The molecule has 136 valence electrons. The summed E-state index contributed by atoms with van der Waals surface area (Å²) in [5.74, 6) is 2.38. The average Bonchev–Trinajstić information content (AvgIpc) is 2.64. The number of methoxy groups -OCH3 is 1. The van der Waals surface area contributed by atoms with E-state index in [0.29, 0.717) is 19.7 Å². The van der Waals surface area contributed by atoms with Crippen LogP contribution in [0.25, 0.3) is 0 Å². The van der Waals surface area contributed by atoms with Crippen LogP contribution in [0, 0.1) is 0 Å². The van der Waals surface area contributed by atoms with Crippen LogP contribution in [0.4, 0.5) is 0 Å². The Balaban J connectivity index is 0.00000312. The minimum Gasteiger partial charge on any atom is -0.497 e. The summed E-state index contributed by atoms with van der Waals surface area (Å²) in [6.45, 7) is 4.64. The van der Waals surface area contributed by atoms with Crippen LogP contribution in [-0.2, 0) is 6.54 Å². The van der Waals surface area contributed by atoms with Crippen molar-refractivity contribution in [1.29, 1.82) is 0 Å².